The predicted octanol–water partition coefficient (Wildman–Crippen LogP) is 4.23. The number of para-hydroxylation sites is 1. The van der Waals surface area contributed by atoms with Crippen LogP contribution in [0.2, 0.25) is 0 Å². The Morgan fingerprint density at radius 2 is 1.72 bits per heavy atom. The van der Waals surface area contributed by atoms with Crippen molar-refractivity contribution in [3.8, 4) is 11.5 Å². The Labute approximate surface area is 108 Å². The molecule has 0 spiro atoms. The fraction of sp³-hybridized carbons (Fsp3) is 0.250. The highest BCUT2D eigenvalue weighted by molar-refractivity contribution is 5.37. The minimum Gasteiger partial charge on any atom is -0.457 e. The summed E-state index contributed by atoms with van der Waals surface area (Å²) in [6, 6.07) is 15.5. The molecule has 0 saturated heterocycles. The van der Waals surface area contributed by atoms with Gasteiger partial charge in [0.1, 0.15) is 11.5 Å². The quantitative estimate of drug-likeness (QED) is 0.869. The summed E-state index contributed by atoms with van der Waals surface area (Å²) < 4.78 is 5.80. The number of benzene rings is 2. The van der Waals surface area contributed by atoms with Crippen LogP contribution < -0.4 is 4.74 Å². The van der Waals surface area contributed by atoms with Crippen molar-refractivity contribution in [2.45, 2.75) is 26.4 Å². The van der Waals surface area contributed by atoms with Crippen molar-refractivity contribution >= 4 is 0 Å². The smallest absolute Gasteiger partial charge is 0.130 e. The first kappa shape index (κ1) is 12.7. The molecule has 0 amide bonds. The molecular weight excluding hydrogens is 224 g/mol. The van der Waals surface area contributed by atoms with Gasteiger partial charge in [-0.1, -0.05) is 37.3 Å². The van der Waals surface area contributed by atoms with Gasteiger partial charge >= 0.3 is 0 Å². The van der Waals surface area contributed by atoms with Gasteiger partial charge in [-0.15, -0.1) is 0 Å². The first-order valence-corrected chi connectivity index (χ1v) is 6.22. The summed E-state index contributed by atoms with van der Waals surface area (Å²) in [5.74, 6) is 1.65. The molecule has 2 aromatic rings. The highest BCUT2D eigenvalue weighted by Crippen LogP contribution is 2.26. The second kappa shape index (κ2) is 5.69. The standard InChI is InChI=1S/C16H18O2/c1-3-15(17)13-8-10-14(11-9-13)18-16-7-5-4-6-12(16)2/h4-11,15,17H,3H2,1-2H3/t15-/m1/s1. The van der Waals surface area contributed by atoms with E-state index >= 15 is 0 Å². The van der Waals surface area contributed by atoms with Crippen LogP contribution in [0.4, 0.5) is 0 Å². The highest BCUT2D eigenvalue weighted by atomic mass is 16.5. The molecule has 2 heteroatoms. The van der Waals surface area contributed by atoms with Crippen LogP contribution in [0.15, 0.2) is 48.5 Å². The van der Waals surface area contributed by atoms with Gasteiger partial charge in [0.05, 0.1) is 6.10 Å². The van der Waals surface area contributed by atoms with Crippen molar-refractivity contribution in [1.82, 2.24) is 0 Å². The molecule has 2 rings (SSSR count). The van der Waals surface area contributed by atoms with Crippen molar-refractivity contribution in [3.05, 3.63) is 59.7 Å². The fourth-order valence-electron chi connectivity index (χ4n) is 1.79. The third-order valence-electron chi connectivity index (χ3n) is 2.97. The lowest BCUT2D eigenvalue weighted by Crippen LogP contribution is -1.94. The summed E-state index contributed by atoms with van der Waals surface area (Å²) in [5, 5.41) is 9.71. The predicted molar refractivity (Wildman–Crippen MR) is 72.9 cm³/mol. The SMILES string of the molecule is CC[C@@H](O)c1ccc(Oc2ccccc2C)cc1. The van der Waals surface area contributed by atoms with Crippen molar-refractivity contribution in [2.75, 3.05) is 0 Å². The normalized spacial score (nSPS) is 12.2. The number of rotatable bonds is 4. The van der Waals surface area contributed by atoms with Gasteiger partial charge < -0.3 is 9.84 Å². The van der Waals surface area contributed by atoms with E-state index in [2.05, 4.69) is 0 Å². The number of ether oxygens (including phenoxy) is 1. The summed E-state index contributed by atoms with van der Waals surface area (Å²) in [6.07, 6.45) is 0.329. The highest BCUT2D eigenvalue weighted by Gasteiger charge is 2.05. The number of aryl methyl sites for hydroxylation is 1. The number of aliphatic hydroxyl groups excluding tert-OH is 1. The molecule has 1 atom stereocenters. The number of hydrogen-bond acceptors (Lipinski definition) is 2. The van der Waals surface area contributed by atoms with E-state index in [9.17, 15) is 5.11 Å². The first-order chi connectivity index (χ1) is 8.70. The van der Waals surface area contributed by atoms with Gasteiger partial charge in [-0.3, -0.25) is 0 Å². The van der Waals surface area contributed by atoms with E-state index in [-0.39, 0.29) is 0 Å². The molecule has 0 unspecified atom stereocenters. The molecule has 0 aliphatic heterocycles. The maximum absolute atomic E-state index is 9.71. The molecule has 2 nitrogen and oxygen atoms in total. The Kier molecular flexibility index (Phi) is 4.00. The molecule has 94 valence electrons. The molecule has 0 fully saturated rings. The zero-order chi connectivity index (χ0) is 13.0. The van der Waals surface area contributed by atoms with E-state index in [4.69, 9.17) is 4.74 Å². The molecule has 0 saturated carbocycles. The van der Waals surface area contributed by atoms with E-state index in [0.717, 1.165) is 29.0 Å². The molecule has 18 heavy (non-hydrogen) atoms. The summed E-state index contributed by atoms with van der Waals surface area (Å²) in [6.45, 7) is 3.98. The molecule has 0 heterocycles. The lowest BCUT2D eigenvalue weighted by molar-refractivity contribution is 0.173. The second-order valence-electron chi connectivity index (χ2n) is 4.36. The summed E-state index contributed by atoms with van der Waals surface area (Å²) in [5.41, 5.74) is 2.03. The Morgan fingerprint density at radius 3 is 2.33 bits per heavy atom. The Bertz CT molecular complexity index is 503. The molecule has 0 aliphatic carbocycles. The van der Waals surface area contributed by atoms with Crippen LogP contribution in [-0.2, 0) is 0 Å². The average Bonchev–Trinajstić information content (AvgIpc) is 2.41. The Morgan fingerprint density at radius 1 is 1.06 bits per heavy atom. The summed E-state index contributed by atoms with van der Waals surface area (Å²) in [7, 11) is 0. The lowest BCUT2D eigenvalue weighted by Gasteiger charge is -2.11. The summed E-state index contributed by atoms with van der Waals surface area (Å²) >= 11 is 0. The topological polar surface area (TPSA) is 29.5 Å². The van der Waals surface area contributed by atoms with E-state index in [0.29, 0.717) is 0 Å². The monoisotopic (exact) mass is 242 g/mol. The van der Waals surface area contributed by atoms with Crippen LogP contribution in [0.25, 0.3) is 0 Å². The largest absolute Gasteiger partial charge is 0.457 e. The fourth-order valence-corrected chi connectivity index (χ4v) is 1.79. The van der Waals surface area contributed by atoms with Crippen LogP contribution in [0.1, 0.15) is 30.6 Å². The first-order valence-electron chi connectivity index (χ1n) is 6.22. The van der Waals surface area contributed by atoms with Gasteiger partial charge in [-0.25, -0.2) is 0 Å². The van der Waals surface area contributed by atoms with Gasteiger partial charge in [0, 0.05) is 0 Å². The molecule has 0 radical (unpaired) electrons. The lowest BCUT2D eigenvalue weighted by atomic mass is 10.1. The summed E-state index contributed by atoms with van der Waals surface area (Å²) in [4.78, 5) is 0. The van der Waals surface area contributed by atoms with Gasteiger partial charge in [0.15, 0.2) is 0 Å². The molecule has 0 aromatic heterocycles. The van der Waals surface area contributed by atoms with E-state index in [1.54, 1.807) is 0 Å². The van der Waals surface area contributed by atoms with Crippen LogP contribution in [0.5, 0.6) is 11.5 Å². The number of aliphatic hydroxyl groups is 1. The van der Waals surface area contributed by atoms with Gasteiger partial charge in [0.2, 0.25) is 0 Å². The molecular formula is C16H18O2. The third-order valence-corrected chi connectivity index (χ3v) is 2.97. The maximum atomic E-state index is 9.71. The van der Waals surface area contributed by atoms with Crippen molar-refractivity contribution in [3.63, 3.8) is 0 Å². The van der Waals surface area contributed by atoms with Crippen molar-refractivity contribution in [1.29, 1.82) is 0 Å². The van der Waals surface area contributed by atoms with Crippen molar-refractivity contribution < 1.29 is 9.84 Å². The van der Waals surface area contributed by atoms with Gasteiger partial charge in [-0.2, -0.15) is 0 Å². The van der Waals surface area contributed by atoms with Gasteiger partial charge in [0.25, 0.3) is 0 Å². The van der Waals surface area contributed by atoms with Crippen LogP contribution in [0, 0.1) is 6.92 Å². The van der Waals surface area contributed by atoms with Crippen LogP contribution >= 0.6 is 0 Å². The second-order valence-corrected chi connectivity index (χ2v) is 4.36. The average molecular weight is 242 g/mol. The van der Waals surface area contributed by atoms with E-state index in [1.165, 1.54) is 0 Å². The van der Waals surface area contributed by atoms with Crippen LogP contribution in [-0.4, -0.2) is 5.11 Å². The Hall–Kier alpha value is -1.80. The molecule has 0 aliphatic rings. The minimum atomic E-state index is -0.391. The third kappa shape index (κ3) is 2.90. The van der Waals surface area contributed by atoms with Crippen molar-refractivity contribution in [2.24, 2.45) is 0 Å². The van der Waals surface area contributed by atoms with E-state index < -0.39 is 6.10 Å². The molecule has 2 aromatic carbocycles. The van der Waals surface area contributed by atoms with Crippen LogP contribution in [0.3, 0.4) is 0 Å². The molecule has 1 N–H and O–H groups in total. The minimum absolute atomic E-state index is 0.391. The number of hydrogen-bond donors (Lipinski definition) is 1. The Balaban J connectivity index is 2.14. The zero-order valence-electron chi connectivity index (χ0n) is 10.8. The zero-order valence-corrected chi connectivity index (χ0v) is 10.8. The van der Waals surface area contributed by atoms with Gasteiger partial charge in [-0.05, 0) is 42.7 Å². The maximum Gasteiger partial charge on any atom is 0.130 e. The molecule has 0 bridgehead atoms. The van der Waals surface area contributed by atoms with E-state index in [1.807, 2.05) is 62.4 Å².